The molecule has 0 amide bonds. The second-order valence-corrected chi connectivity index (χ2v) is 5.96. The number of ether oxygens (including phenoxy) is 2. The van der Waals surface area contributed by atoms with Crippen LogP contribution in [0.25, 0.3) is 11.3 Å². The first kappa shape index (κ1) is 15.4. The molecule has 0 fully saturated rings. The van der Waals surface area contributed by atoms with Crippen molar-refractivity contribution < 1.29 is 9.47 Å². The molecule has 1 aromatic heterocycles. The normalized spacial score (nSPS) is 10.4. The van der Waals surface area contributed by atoms with E-state index in [-0.39, 0.29) is 0 Å². The van der Waals surface area contributed by atoms with Crippen LogP contribution in [-0.4, -0.2) is 19.2 Å². The van der Waals surface area contributed by atoms with Gasteiger partial charge in [0.15, 0.2) is 16.6 Å². The number of thiazole rings is 1. The zero-order valence-electron chi connectivity index (χ0n) is 13.3. The number of methoxy groups -OCH3 is 2. The van der Waals surface area contributed by atoms with Crippen molar-refractivity contribution >= 4 is 22.2 Å². The number of aryl methyl sites for hydroxylation is 1. The van der Waals surface area contributed by atoms with Crippen LogP contribution in [0.15, 0.2) is 47.8 Å². The van der Waals surface area contributed by atoms with Crippen LogP contribution in [0, 0.1) is 6.92 Å². The Morgan fingerprint density at radius 3 is 2.57 bits per heavy atom. The van der Waals surface area contributed by atoms with Crippen LogP contribution in [0.4, 0.5) is 10.8 Å². The predicted octanol–water partition coefficient (Wildman–Crippen LogP) is 4.88. The maximum Gasteiger partial charge on any atom is 0.187 e. The number of nitrogens with zero attached hydrogens (tertiary/aromatic N) is 1. The van der Waals surface area contributed by atoms with E-state index in [1.54, 1.807) is 25.6 Å². The summed E-state index contributed by atoms with van der Waals surface area (Å²) < 4.78 is 10.6. The van der Waals surface area contributed by atoms with Crippen molar-refractivity contribution in [3.8, 4) is 22.8 Å². The molecule has 0 spiro atoms. The summed E-state index contributed by atoms with van der Waals surface area (Å²) in [5.41, 5.74) is 4.16. The quantitative estimate of drug-likeness (QED) is 0.726. The minimum absolute atomic E-state index is 0.700. The third kappa shape index (κ3) is 3.46. The van der Waals surface area contributed by atoms with Crippen LogP contribution in [0.5, 0.6) is 11.5 Å². The van der Waals surface area contributed by atoms with Crippen LogP contribution >= 0.6 is 11.3 Å². The highest BCUT2D eigenvalue weighted by molar-refractivity contribution is 7.14. The molecule has 3 rings (SSSR count). The summed E-state index contributed by atoms with van der Waals surface area (Å²) in [7, 11) is 3.26. The first-order valence-electron chi connectivity index (χ1n) is 7.21. The maximum atomic E-state index is 5.35. The number of anilines is 2. The molecule has 23 heavy (non-hydrogen) atoms. The third-order valence-electron chi connectivity index (χ3n) is 3.45. The fraction of sp³-hybridized carbons (Fsp3) is 0.167. The monoisotopic (exact) mass is 326 g/mol. The molecule has 0 unspecified atom stereocenters. The first-order valence-corrected chi connectivity index (χ1v) is 8.09. The predicted molar refractivity (Wildman–Crippen MR) is 95.1 cm³/mol. The molecular formula is C18H18N2O2S. The Balaban J connectivity index is 1.84. The van der Waals surface area contributed by atoms with Crippen LogP contribution in [0.1, 0.15) is 5.56 Å². The van der Waals surface area contributed by atoms with E-state index in [1.807, 2.05) is 35.7 Å². The number of benzene rings is 2. The minimum atomic E-state index is 0.700. The van der Waals surface area contributed by atoms with E-state index in [1.165, 1.54) is 5.56 Å². The fourth-order valence-corrected chi connectivity index (χ4v) is 3.05. The number of hydrogen-bond donors (Lipinski definition) is 1. The Kier molecular flexibility index (Phi) is 4.48. The van der Waals surface area contributed by atoms with Crippen molar-refractivity contribution in [1.82, 2.24) is 4.98 Å². The molecule has 0 aliphatic carbocycles. The van der Waals surface area contributed by atoms with Crippen LogP contribution in [0.2, 0.25) is 0 Å². The molecule has 5 heteroatoms. The topological polar surface area (TPSA) is 43.4 Å². The Hall–Kier alpha value is -2.53. The summed E-state index contributed by atoms with van der Waals surface area (Å²) in [4.78, 5) is 4.65. The molecule has 0 aliphatic rings. The SMILES string of the molecule is COc1ccc(-c2csc(Nc3cccc(C)c3)n2)cc1OC. The molecule has 1 N–H and O–H groups in total. The zero-order valence-corrected chi connectivity index (χ0v) is 14.1. The van der Waals surface area contributed by atoms with E-state index in [0.29, 0.717) is 11.5 Å². The average molecular weight is 326 g/mol. The van der Waals surface area contributed by atoms with Gasteiger partial charge in [-0.05, 0) is 42.8 Å². The van der Waals surface area contributed by atoms with E-state index in [2.05, 4.69) is 29.4 Å². The van der Waals surface area contributed by atoms with Gasteiger partial charge >= 0.3 is 0 Å². The molecule has 0 saturated heterocycles. The van der Waals surface area contributed by atoms with E-state index < -0.39 is 0 Å². The van der Waals surface area contributed by atoms with Crippen molar-refractivity contribution in [2.75, 3.05) is 19.5 Å². The smallest absolute Gasteiger partial charge is 0.187 e. The molecule has 0 atom stereocenters. The summed E-state index contributed by atoms with van der Waals surface area (Å²) in [5.74, 6) is 1.41. The Morgan fingerprint density at radius 1 is 1.00 bits per heavy atom. The lowest BCUT2D eigenvalue weighted by molar-refractivity contribution is 0.355. The van der Waals surface area contributed by atoms with Gasteiger partial charge in [-0.2, -0.15) is 0 Å². The van der Waals surface area contributed by atoms with E-state index in [4.69, 9.17) is 9.47 Å². The Labute approximate surface area is 139 Å². The molecule has 2 aromatic carbocycles. The van der Waals surface area contributed by atoms with E-state index in [9.17, 15) is 0 Å². The summed E-state index contributed by atoms with van der Waals surface area (Å²) in [6.45, 7) is 2.07. The molecule has 3 aromatic rings. The first-order chi connectivity index (χ1) is 11.2. The summed E-state index contributed by atoms with van der Waals surface area (Å²) in [6, 6.07) is 14.0. The molecule has 118 valence electrons. The van der Waals surface area contributed by atoms with Gasteiger partial charge in [0.1, 0.15) is 0 Å². The van der Waals surface area contributed by atoms with Gasteiger partial charge in [-0.3, -0.25) is 0 Å². The zero-order chi connectivity index (χ0) is 16.2. The van der Waals surface area contributed by atoms with E-state index >= 15 is 0 Å². The van der Waals surface area contributed by atoms with Crippen molar-refractivity contribution in [3.05, 3.63) is 53.4 Å². The number of aromatic nitrogens is 1. The lowest BCUT2D eigenvalue weighted by Gasteiger charge is -2.08. The Morgan fingerprint density at radius 2 is 1.83 bits per heavy atom. The largest absolute Gasteiger partial charge is 0.493 e. The van der Waals surface area contributed by atoms with Crippen LogP contribution in [0.3, 0.4) is 0 Å². The van der Waals surface area contributed by atoms with E-state index in [0.717, 1.165) is 22.1 Å². The molecule has 0 saturated carbocycles. The molecular weight excluding hydrogens is 308 g/mol. The summed E-state index contributed by atoms with van der Waals surface area (Å²) >= 11 is 1.57. The number of hydrogen-bond acceptors (Lipinski definition) is 5. The molecule has 0 aliphatic heterocycles. The van der Waals surface area contributed by atoms with Crippen molar-refractivity contribution in [1.29, 1.82) is 0 Å². The lowest BCUT2D eigenvalue weighted by Crippen LogP contribution is -1.92. The van der Waals surface area contributed by atoms with Gasteiger partial charge in [0.2, 0.25) is 0 Å². The second kappa shape index (κ2) is 6.71. The third-order valence-corrected chi connectivity index (χ3v) is 4.21. The van der Waals surface area contributed by atoms with Crippen LogP contribution in [-0.2, 0) is 0 Å². The highest BCUT2D eigenvalue weighted by Gasteiger charge is 2.09. The van der Waals surface area contributed by atoms with Gasteiger partial charge in [-0.1, -0.05) is 12.1 Å². The molecule has 0 bridgehead atoms. The van der Waals surface area contributed by atoms with Crippen LogP contribution < -0.4 is 14.8 Å². The van der Waals surface area contributed by atoms with Crippen molar-refractivity contribution in [3.63, 3.8) is 0 Å². The average Bonchev–Trinajstić information content (AvgIpc) is 3.02. The Bertz CT molecular complexity index is 814. The molecule has 1 heterocycles. The number of rotatable bonds is 5. The van der Waals surface area contributed by atoms with Crippen molar-refractivity contribution in [2.45, 2.75) is 6.92 Å². The van der Waals surface area contributed by atoms with Gasteiger partial charge in [-0.15, -0.1) is 11.3 Å². The minimum Gasteiger partial charge on any atom is -0.493 e. The number of nitrogens with one attached hydrogen (secondary N) is 1. The van der Waals surface area contributed by atoms with Gasteiger partial charge in [0, 0.05) is 16.6 Å². The summed E-state index contributed by atoms with van der Waals surface area (Å²) in [6.07, 6.45) is 0. The van der Waals surface area contributed by atoms with Crippen molar-refractivity contribution in [2.24, 2.45) is 0 Å². The lowest BCUT2D eigenvalue weighted by atomic mass is 10.1. The van der Waals surface area contributed by atoms with Gasteiger partial charge in [0.05, 0.1) is 19.9 Å². The standard InChI is InChI=1S/C18H18N2O2S/c1-12-5-4-6-14(9-12)19-18-20-15(11-23-18)13-7-8-16(21-2)17(10-13)22-3/h4-11H,1-3H3,(H,19,20). The summed E-state index contributed by atoms with van der Waals surface area (Å²) in [5, 5.41) is 6.23. The highest BCUT2D eigenvalue weighted by Crippen LogP contribution is 2.34. The van der Waals surface area contributed by atoms with Gasteiger partial charge in [-0.25, -0.2) is 4.98 Å². The fourth-order valence-electron chi connectivity index (χ4n) is 2.31. The highest BCUT2D eigenvalue weighted by atomic mass is 32.1. The molecule has 0 radical (unpaired) electrons. The second-order valence-electron chi connectivity index (χ2n) is 5.10. The molecule has 4 nitrogen and oxygen atoms in total. The van der Waals surface area contributed by atoms with Gasteiger partial charge < -0.3 is 14.8 Å². The van der Waals surface area contributed by atoms with Gasteiger partial charge in [0.25, 0.3) is 0 Å². The maximum absolute atomic E-state index is 5.35.